The summed E-state index contributed by atoms with van der Waals surface area (Å²) in [5, 5.41) is 8.45. The molecule has 27 heavy (non-hydrogen) atoms. The highest BCUT2D eigenvalue weighted by atomic mass is 19.1. The van der Waals surface area contributed by atoms with Crippen LogP contribution in [0.2, 0.25) is 0 Å². The van der Waals surface area contributed by atoms with Crippen LogP contribution in [0.15, 0.2) is 48.7 Å². The molecule has 1 fully saturated rings. The average molecular weight is 366 g/mol. The topological polar surface area (TPSA) is 67.6 Å². The van der Waals surface area contributed by atoms with Crippen molar-refractivity contribution in [3.8, 4) is 0 Å². The molecule has 0 bridgehead atoms. The van der Waals surface area contributed by atoms with Crippen molar-refractivity contribution in [1.29, 1.82) is 0 Å². The van der Waals surface area contributed by atoms with Gasteiger partial charge in [-0.1, -0.05) is 6.07 Å². The van der Waals surface area contributed by atoms with Crippen molar-refractivity contribution in [2.24, 2.45) is 0 Å². The van der Waals surface area contributed by atoms with Gasteiger partial charge >= 0.3 is 0 Å². The number of aromatic nitrogens is 3. The Morgan fingerprint density at radius 3 is 2.70 bits per heavy atom. The van der Waals surface area contributed by atoms with E-state index in [2.05, 4.69) is 10.2 Å². The molecule has 1 saturated heterocycles. The molecule has 0 spiro atoms. The molecule has 3 aromatic rings. The molecule has 0 radical (unpaired) electrons. The first-order valence-corrected chi connectivity index (χ1v) is 9.01. The lowest BCUT2D eigenvalue weighted by molar-refractivity contribution is -0.132. The Kier molecular flexibility index (Phi) is 4.66. The molecule has 0 aliphatic carbocycles. The van der Waals surface area contributed by atoms with Gasteiger partial charge in [-0.3, -0.25) is 14.0 Å². The van der Waals surface area contributed by atoms with Crippen molar-refractivity contribution in [3.05, 3.63) is 65.9 Å². The highest BCUT2D eigenvalue weighted by Gasteiger charge is 2.33. The van der Waals surface area contributed by atoms with E-state index in [4.69, 9.17) is 0 Å². The van der Waals surface area contributed by atoms with E-state index in [1.165, 1.54) is 24.3 Å². The maximum absolute atomic E-state index is 13.0. The average Bonchev–Trinajstić information content (AvgIpc) is 3.33. The summed E-state index contributed by atoms with van der Waals surface area (Å²) in [6.07, 6.45) is 3.85. The number of hydrogen-bond acceptors (Lipinski definition) is 4. The molecule has 0 saturated carbocycles. The zero-order valence-electron chi connectivity index (χ0n) is 14.7. The van der Waals surface area contributed by atoms with Crippen LogP contribution in [0.4, 0.5) is 4.39 Å². The van der Waals surface area contributed by atoms with Crippen LogP contribution in [0.3, 0.4) is 0 Å². The van der Waals surface area contributed by atoms with Crippen LogP contribution in [0.5, 0.6) is 0 Å². The molecule has 1 atom stereocenters. The van der Waals surface area contributed by atoms with E-state index in [9.17, 15) is 14.0 Å². The number of carbonyl (C=O) groups is 2. The molecule has 1 amide bonds. The zero-order chi connectivity index (χ0) is 18.8. The summed E-state index contributed by atoms with van der Waals surface area (Å²) in [5.41, 5.74) is 1.17. The zero-order valence-corrected chi connectivity index (χ0v) is 14.7. The molecule has 1 aliphatic heterocycles. The van der Waals surface area contributed by atoms with Gasteiger partial charge in [0.25, 0.3) is 0 Å². The van der Waals surface area contributed by atoms with E-state index in [-0.39, 0.29) is 36.4 Å². The number of halogens is 1. The van der Waals surface area contributed by atoms with Crippen molar-refractivity contribution < 1.29 is 14.0 Å². The number of ketones is 1. The van der Waals surface area contributed by atoms with Gasteiger partial charge < -0.3 is 4.90 Å². The van der Waals surface area contributed by atoms with E-state index >= 15 is 0 Å². The number of pyridine rings is 1. The molecular formula is C20H19FN4O2. The minimum atomic E-state index is -0.386. The molecule has 138 valence electrons. The van der Waals surface area contributed by atoms with Crippen LogP contribution in [0.1, 0.15) is 47.9 Å². The number of likely N-dealkylation sites (tertiary alicyclic amines) is 1. The maximum atomic E-state index is 13.0. The molecule has 0 unspecified atom stereocenters. The monoisotopic (exact) mass is 366 g/mol. The lowest BCUT2D eigenvalue weighted by Crippen LogP contribution is -2.31. The minimum absolute atomic E-state index is 0.0688. The highest BCUT2D eigenvalue weighted by Crippen LogP contribution is 2.31. The van der Waals surface area contributed by atoms with Gasteiger partial charge in [0.15, 0.2) is 17.3 Å². The fourth-order valence-electron chi connectivity index (χ4n) is 3.56. The molecule has 1 aliphatic rings. The number of Topliss-reactive ketones (excluding diaryl/α,β-unsaturated/α-hetero) is 1. The van der Waals surface area contributed by atoms with E-state index in [1.807, 2.05) is 28.8 Å². The molecule has 2 aromatic heterocycles. The molecule has 7 heteroatoms. The Morgan fingerprint density at radius 1 is 1.07 bits per heavy atom. The number of fused-ring (bicyclic) bond motifs is 1. The third-order valence-electron chi connectivity index (χ3n) is 4.94. The standard InChI is InChI=1S/C20H19FN4O2/c21-15-8-6-14(7-9-15)17(26)10-11-19(27)24-13-3-4-16(24)20-23-22-18-5-1-2-12-25(18)20/h1-2,5-9,12,16H,3-4,10-11,13H2/t16-/m0/s1. The number of nitrogens with zero attached hydrogens (tertiary/aromatic N) is 4. The lowest BCUT2D eigenvalue weighted by Gasteiger charge is -2.23. The molecule has 1 aromatic carbocycles. The summed E-state index contributed by atoms with van der Waals surface area (Å²) in [5.74, 6) is 0.136. The largest absolute Gasteiger partial charge is 0.332 e. The van der Waals surface area contributed by atoms with Gasteiger partial charge in [0, 0.05) is 31.1 Å². The Bertz CT molecular complexity index is 983. The number of hydrogen-bond donors (Lipinski definition) is 0. The van der Waals surface area contributed by atoms with Gasteiger partial charge in [-0.05, 0) is 49.2 Å². The third-order valence-corrected chi connectivity index (χ3v) is 4.94. The van der Waals surface area contributed by atoms with Gasteiger partial charge in [-0.15, -0.1) is 10.2 Å². The Hall–Kier alpha value is -3.09. The number of benzene rings is 1. The number of rotatable bonds is 5. The smallest absolute Gasteiger partial charge is 0.223 e. The summed E-state index contributed by atoms with van der Waals surface area (Å²) >= 11 is 0. The van der Waals surface area contributed by atoms with E-state index in [0.717, 1.165) is 24.3 Å². The molecule has 6 nitrogen and oxygen atoms in total. The Morgan fingerprint density at radius 2 is 1.89 bits per heavy atom. The normalized spacial score (nSPS) is 16.8. The second kappa shape index (κ2) is 7.26. The van der Waals surface area contributed by atoms with E-state index in [1.54, 1.807) is 4.90 Å². The van der Waals surface area contributed by atoms with Gasteiger partial charge in [0.05, 0.1) is 6.04 Å². The minimum Gasteiger partial charge on any atom is -0.332 e. The van der Waals surface area contributed by atoms with Gasteiger partial charge in [-0.2, -0.15) is 0 Å². The van der Waals surface area contributed by atoms with Crippen LogP contribution in [-0.4, -0.2) is 37.7 Å². The van der Waals surface area contributed by atoms with E-state index < -0.39 is 0 Å². The molecule has 3 heterocycles. The van der Waals surface area contributed by atoms with Crippen molar-refractivity contribution >= 4 is 17.3 Å². The van der Waals surface area contributed by atoms with Crippen LogP contribution in [0, 0.1) is 5.82 Å². The Labute approximate surface area is 155 Å². The molecular weight excluding hydrogens is 347 g/mol. The quantitative estimate of drug-likeness (QED) is 0.651. The van der Waals surface area contributed by atoms with Gasteiger partial charge in [-0.25, -0.2) is 4.39 Å². The number of amides is 1. The lowest BCUT2D eigenvalue weighted by atomic mass is 10.1. The van der Waals surface area contributed by atoms with Crippen LogP contribution < -0.4 is 0 Å². The maximum Gasteiger partial charge on any atom is 0.223 e. The molecule has 4 rings (SSSR count). The first-order valence-electron chi connectivity index (χ1n) is 9.01. The highest BCUT2D eigenvalue weighted by molar-refractivity contribution is 5.97. The Balaban J connectivity index is 1.45. The van der Waals surface area contributed by atoms with E-state index in [0.29, 0.717) is 12.1 Å². The second-order valence-electron chi connectivity index (χ2n) is 6.66. The predicted molar refractivity (Wildman–Crippen MR) is 96.6 cm³/mol. The summed E-state index contributed by atoms with van der Waals surface area (Å²) in [6.45, 7) is 0.649. The fraction of sp³-hybridized carbons (Fsp3) is 0.300. The van der Waals surface area contributed by atoms with Crippen molar-refractivity contribution in [3.63, 3.8) is 0 Å². The SMILES string of the molecule is O=C(CCC(=O)N1CCC[C@H]1c1nnc2ccccn12)c1ccc(F)cc1. The van der Waals surface area contributed by atoms with Gasteiger partial charge in [0.1, 0.15) is 5.82 Å². The summed E-state index contributed by atoms with van der Waals surface area (Å²) in [4.78, 5) is 26.8. The predicted octanol–water partition coefficient (Wildman–Crippen LogP) is 3.20. The van der Waals surface area contributed by atoms with Gasteiger partial charge in [0.2, 0.25) is 5.91 Å². The summed E-state index contributed by atoms with van der Waals surface area (Å²) in [6, 6.07) is 10.9. The van der Waals surface area contributed by atoms with Crippen LogP contribution in [0.25, 0.3) is 5.65 Å². The van der Waals surface area contributed by atoms with Crippen molar-refractivity contribution in [2.75, 3.05) is 6.54 Å². The van der Waals surface area contributed by atoms with Crippen molar-refractivity contribution in [1.82, 2.24) is 19.5 Å². The number of carbonyl (C=O) groups excluding carboxylic acids is 2. The summed E-state index contributed by atoms with van der Waals surface area (Å²) < 4.78 is 14.9. The van der Waals surface area contributed by atoms with Crippen LogP contribution in [-0.2, 0) is 4.79 Å². The first-order chi connectivity index (χ1) is 13.1. The van der Waals surface area contributed by atoms with Crippen molar-refractivity contribution in [2.45, 2.75) is 31.7 Å². The third kappa shape index (κ3) is 3.45. The summed E-state index contributed by atoms with van der Waals surface area (Å²) in [7, 11) is 0. The second-order valence-corrected chi connectivity index (χ2v) is 6.66. The fourth-order valence-corrected chi connectivity index (χ4v) is 3.56. The first kappa shape index (κ1) is 17.3. The molecule has 0 N–H and O–H groups in total. The van der Waals surface area contributed by atoms with Crippen LogP contribution >= 0.6 is 0 Å².